The second-order valence-corrected chi connectivity index (χ2v) is 5.73. The topological polar surface area (TPSA) is 49.4 Å². The summed E-state index contributed by atoms with van der Waals surface area (Å²) in [7, 11) is 6.34. The van der Waals surface area contributed by atoms with Crippen LogP contribution in [-0.4, -0.2) is 44.7 Å². The van der Waals surface area contributed by atoms with Gasteiger partial charge in [0.05, 0.1) is 34.3 Å². The largest absolute Gasteiger partial charge is 0.872 e. The molecule has 4 heteroatoms. The molecule has 0 N–H and O–H groups in total. The molecule has 1 aromatic rings. The second kappa shape index (κ2) is 7.14. The molecule has 0 saturated heterocycles. The number of nitrogens with zero attached hydrogens (tertiary/aromatic N) is 1. The summed E-state index contributed by atoms with van der Waals surface area (Å²) < 4.78 is 6.05. The third-order valence-electron chi connectivity index (χ3n) is 2.78. The van der Waals surface area contributed by atoms with Crippen molar-refractivity contribution in [2.24, 2.45) is 0 Å². The van der Waals surface area contributed by atoms with E-state index in [1.165, 1.54) is 12.1 Å². The number of rotatable bonds is 7. The number of carbonyl (C=O) groups excluding carboxylic acids is 1. The molecule has 19 heavy (non-hydrogen) atoms. The molecule has 0 aliphatic carbocycles. The van der Waals surface area contributed by atoms with E-state index in [9.17, 15) is 9.90 Å². The van der Waals surface area contributed by atoms with Gasteiger partial charge in [-0.3, -0.25) is 4.79 Å². The molecule has 0 fully saturated rings. The Morgan fingerprint density at radius 1 is 1.21 bits per heavy atom. The molecule has 0 atom stereocenters. The fourth-order valence-corrected chi connectivity index (χ4v) is 1.70. The van der Waals surface area contributed by atoms with E-state index in [0.29, 0.717) is 19.4 Å². The monoisotopic (exact) mass is 265 g/mol. The maximum atomic E-state index is 11.5. The highest BCUT2D eigenvalue weighted by molar-refractivity contribution is 5.69. The zero-order valence-corrected chi connectivity index (χ0v) is 12.0. The number of hydrogen-bond acceptors (Lipinski definition) is 3. The van der Waals surface area contributed by atoms with E-state index in [0.717, 1.165) is 23.0 Å². The van der Waals surface area contributed by atoms with Crippen LogP contribution in [0.3, 0.4) is 0 Å². The Balaban J connectivity index is 2.16. The lowest BCUT2D eigenvalue weighted by molar-refractivity contribution is -0.870. The molecule has 0 unspecified atom stereocenters. The fraction of sp³-hybridized carbons (Fsp3) is 0.533. The van der Waals surface area contributed by atoms with Crippen molar-refractivity contribution in [3.63, 3.8) is 0 Å². The number of quaternary nitrogens is 1. The molecule has 0 aliphatic heterocycles. The standard InChI is InChI=1S/C15H23NO3/c1-16(2,3)11-4-12-19-15(18)10-7-13-5-8-14(17)9-6-13/h5-6,8-9H,4,7,10-12H2,1-3H3. The van der Waals surface area contributed by atoms with Gasteiger partial charge in [-0.15, -0.1) is 5.75 Å². The molecule has 0 radical (unpaired) electrons. The second-order valence-electron chi connectivity index (χ2n) is 5.73. The summed E-state index contributed by atoms with van der Waals surface area (Å²) in [5.41, 5.74) is 0.989. The summed E-state index contributed by atoms with van der Waals surface area (Å²) in [6.45, 7) is 1.46. The number of ether oxygens (including phenoxy) is 1. The van der Waals surface area contributed by atoms with Crippen molar-refractivity contribution < 1.29 is 19.1 Å². The van der Waals surface area contributed by atoms with Crippen molar-refractivity contribution in [2.45, 2.75) is 19.3 Å². The average molecular weight is 265 g/mol. The van der Waals surface area contributed by atoms with E-state index in [4.69, 9.17) is 4.74 Å². The van der Waals surface area contributed by atoms with Gasteiger partial charge in [-0.1, -0.05) is 24.3 Å². The smallest absolute Gasteiger partial charge is 0.306 e. The van der Waals surface area contributed by atoms with Crippen LogP contribution < -0.4 is 5.11 Å². The molecule has 0 aromatic heterocycles. The Morgan fingerprint density at radius 3 is 2.42 bits per heavy atom. The van der Waals surface area contributed by atoms with E-state index >= 15 is 0 Å². The maximum absolute atomic E-state index is 11.5. The molecule has 1 rings (SSSR count). The molecule has 0 bridgehead atoms. The third-order valence-corrected chi connectivity index (χ3v) is 2.78. The van der Waals surface area contributed by atoms with Gasteiger partial charge in [-0.2, -0.15) is 0 Å². The number of carbonyl (C=O) groups is 1. The first-order chi connectivity index (χ1) is 8.87. The molecule has 0 spiro atoms. The van der Waals surface area contributed by atoms with Crippen LogP contribution in [0.1, 0.15) is 18.4 Å². The van der Waals surface area contributed by atoms with Crippen LogP contribution in [-0.2, 0) is 16.0 Å². The van der Waals surface area contributed by atoms with E-state index < -0.39 is 0 Å². The van der Waals surface area contributed by atoms with Crippen LogP contribution in [0.4, 0.5) is 0 Å². The van der Waals surface area contributed by atoms with E-state index in [1.807, 2.05) is 0 Å². The summed E-state index contributed by atoms with van der Waals surface area (Å²) in [6.07, 6.45) is 1.86. The van der Waals surface area contributed by atoms with Gasteiger partial charge >= 0.3 is 5.97 Å². The molecular weight excluding hydrogens is 242 g/mol. The van der Waals surface area contributed by atoms with Gasteiger partial charge in [0, 0.05) is 12.8 Å². The Hall–Kier alpha value is -1.55. The fourth-order valence-electron chi connectivity index (χ4n) is 1.70. The number of aryl methyl sites for hydroxylation is 1. The minimum Gasteiger partial charge on any atom is -0.872 e. The average Bonchev–Trinajstić information content (AvgIpc) is 2.33. The molecule has 1 aromatic carbocycles. The van der Waals surface area contributed by atoms with Crippen LogP contribution in [0.2, 0.25) is 0 Å². The van der Waals surface area contributed by atoms with Crippen molar-refractivity contribution in [1.82, 2.24) is 0 Å². The highest BCUT2D eigenvalue weighted by Crippen LogP contribution is 2.09. The molecule has 106 valence electrons. The van der Waals surface area contributed by atoms with Crippen molar-refractivity contribution in [1.29, 1.82) is 0 Å². The van der Waals surface area contributed by atoms with E-state index in [1.54, 1.807) is 12.1 Å². The van der Waals surface area contributed by atoms with Crippen LogP contribution in [0.25, 0.3) is 0 Å². The molecule has 0 aliphatic rings. The molecule has 0 amide bonds. The quantitative estimate of drug-likeness (QED) is 0.424. The molecular formula is C15H23NO3. The van der Waals surface area contributed by atoms with Crippen molar-refractivity contribution in [3.05, 3.63) is 29.8 Å². The Labute approximate surface area is 115 Å². The summed E-state index contributed by atoms with van der Waals surface area (Å²) >= 11 is 0. The predicted molar refractivity (Wildman–Crippen MR) is 72.7 cm³/mol. The van der Waals surface area contributed by atoms with Crippen LogP contribution in [0.5, 0.6) is 5.75 Å². The highest BCUT2D eigenvalue weighted by Gasteiger charge is 2.08. The molecule has 4 nitrogen and oxygen atoms in total. The van der Waals surface area contributed by atoms with Gasteiger partial charge in [0.1, 0.15) is 0 Å². The van der Waals surface area contributed by atoms with E-state index in [2.05, 4.69) is 21.1 Å². The highest BCUT2D eigenvalue weighted by atomic mass is 16.5. The maximum Gasteiger partial charge on any atom is 0.306 e. The number of hydrogen-bond donors (Lipinski definition) is 0. The lowest BCUT2D eigenvalue weighted by atomic mass is 10.1. The van der Waals surface area contributed by atoms with Crippen molar-refractivity contribution >= 4 is 5.97 Å². The minimum atomic E-state index is -0.174. The van der Waals surface area contributed by atoms with E-state index in [-0.39, 0.29) is 11.7 Å². The Bertz CT molecular complexity index is 393. The van der Waals surface area contributed by atoms with Crippen molar-refractivity contribution in [2.75, 3.05) is 34.3 Å². The van der Waals surface area contributed by atoms with Gasteiger partial charge < -0.3 is 14.3 Å². The first kappa shape index (κ1) is 15.5. The summed E-state index contributed by atoms with van der Waals surface area (Å²) in [5.74, 6) is -0.181. The first-order valence-electron chi connectivity index (χ1n) is 6.59. The van der Waals surface area contributed by atoms with Crippen LogP contribution >= 0.6 is 0 Å². The summed E-state index contributed by atoms with van der Waals surface area (Å²) in [4.78, 5) is 11.5. The number of benzene rings is 1. The first-order valence-corrected chi connectivity index (χ1v) is 6.59. The van der Waals surface area contributed by atoms with Gasteiger partial charge in [0.2, 0.25) is 0 Å². The SMILES string of the molecule is C[N+](C)(C)CCCOC(=O)CCc1ccc([O-])cc1. The minimum absolute atomic E-state index is 0.00775. The molecule has 0 heterocycles. The van der Waals surface area contributed by atoms with Gasteiger partial charge in [0.25, 0.3) is 0 Å². The molecule has 0 saturated carbocycles. The summed E-state index contributed by atoms with van der Waals surface area (Å²) in [6, 6.07) is 6.54. The third kappa shape index (κ3) is 7.47. The van der Waals surface area contributed by atoms with Gasteiger partial charge in [-0.25, -0.2) is 0 Å². The lowest BCUT2D eigenvalue weighted by Gasteiger charge is -2.23. The normalized spacial score (nSPS) is 11.3. The van der Waals surface area contributed by atoms with Gasteiger partial charge in [-0.05, 0) is 12.0 Å². The van der Waals surface area contributed by atoms with Crippen LogP contribution in [0, 0.1) is 0 Å². The van der Waals surface area contributed by atoms with Crippen molar-refractivity contribution in [3.8, 4) is 5.75 Å². The number of esters is 1. The zero-order valence-electron chi connectivity index (χ0n) is 12.0. The van der Waals surface area contributed by atoms with Gasteiger partial charge in [0.15, 0.2) is 0 Å². The summed E-state index contributed by atoms with van der Waals surface area (Å²) in [5, 5.41) is 10.9. The Kier molecular flexibility index (Phi) is 5.83. The predicted octanol–water partition coefficient (Wildman–Crippen LogP) is 1.33. The zero-order chi connectivity index (χ0) is 14.3. The lowest BCUT2D eigenvalue weighted by Crippen LogP contribution is -2.35. The van der Waals surface area contributed by atoms with Crippen LogP contribution in [0.15, 0.2) is 24.3 Å². The Morgan fingerprint density at radius 2 is 1.84 bits per heavy atom.